The third-order valence-corrected chi connectivity index (χ3v) is 3.53. The Morgan fingerprint density at radius 2 is 2.21 bits per heavy atom. The van der Waals surface area contributed by atoms with Gasteiger partial charge in [0.15, 0.2) is 5.13 Å². The standard InChI is InChI=1S/C11H12N2S/c1-6-4-8(7-2-3-7)10-9(5-6)14-11(12)13-10/h4-5,7H,2-3H2,1H3,(H2,12,13). The zero-order valence-electron chi connectivity index (χ0n) is 8.08. The molecular formula is C11H12N2S. The summed E-state index contributed by atoms with van der Waals surface area (Å²) in [5.74, 6) is 0.749. The molecule has 0 saturated heterocycles. The molecule has 14 heavy (non-hydrogen) atoms. The lowest BCUT2D eigenvalue weighted by Gasteiger charge is -2.01. The molecular weight excluding hydrogens is 192 g/mol. The van der Waals surface area contributed by atoms with Crippen LogP contribution in [-0.2, 0) is 0 Å². The van der Waals surface area contributed by atoms with Crippen LogP contribution in [0.1, 0.15) is 29.9 Å². The van der Waals surface area contributed by atoms with Crippen molar-refractivity contribution in [2.45, 2.75) is 25.7 Å². The molecule has 1 saturated carbocycles. The van der Waals surface area contributed by atoms with Crippen molar-refractivity contribution < 1.29 is 0 Å². The van der Waals surface area contributed by atoms with Crippen LogP contribution in [0.3, 0.4) is 0 Å². The van der Waals surface area contributed by atoms with E-state index in [0.29, 0.717) is 5.13 Å². The van der Waals surface area contributed by atoms with Crippen molar-refractivity contribution in [3.05, 3.63) is 23.3 Å². The number of anilines is 1. The quantitative estimate of drug-likeness (QED) is 0.775. The van der Waals surface area contributed by atoms with Crippen LogP contribution in [0, 0.1) is 6.92 Å². The first kappa shape index (κ1) is 8.24. The van der Waals surface area contributed by atoms with Gasteiger partial charge >= 0.3 is 0 Å². The summed E-state index contributed by atoms with van der Waals surface area (Å²) in [6, 6.07) is 4.44. The summed E-state index contributed by atoms with van der Waals surface area (Å²) in [7, 11) is 0. The van der Waals surface area contributed by atoms with Gasteiger partial charge in [0.05, 0.1) is 10.2 Å². The molecule has 1 aliphatic rings. The third-order valence-electron chi connectivity index (χ3n) is 2.70. The van der Waals surface area contributed by atoms with Gasteiger partial charge in [-0.1, -0.05) is 17.4 Å². The number of aromatic nitrogens is 1. The first-order valence-corrected chi connectivity index (χ1v) is 5.72. The Morgan fingerprint density at radius 3 is 2.93 bits per heavy atom. The summed E-state index contributed by atoms with van der Waals surface area (Å²) in [6.45, 7) is 2.14. The molecule has 0 radical (unpaired) electrons. The van der Waals surface area contributed by atoms with Gasteiger partial charge in [-0.15, -0.1) is 0 Å². The number of aryl methyl sites for hydroxylation is 1. The molecule has 1 aliphatic carbocycles. The number of nitrogen functional groups attached to an aromatic ring is 1. The summed E-state index contributed by atoms with van der Waals surface area (Å²) in [6.07, 6.45) is 2.63. The van der Waals surface area contributed by atoms with Crippen LogP contribution in [0.5, 0.6) is 0 Å². The van der Waals surface area contributed by atoms with Gasteiger partial charge in [-0.25, -0.2) is 4.98 Å². The minimum atomic E-state index is 0.688. The molecule has 0 amide bonds. The van der Waals surface area contributed by atoms with Gasteiger partial charge < -0.3 is 5.73 Å². The molecule has 2 nitrogen and oxygen atoms in total. The second kappa shape index (κ2) is 2.70. The molecule has 0 bridgehead atoms. The van der Waals surface area contributed by atoms with Crippen LogP contribution in [-0.4, -0.2) is 4.98 Å². The largest absolute Gasteiger partial charge is 0.375 e. The highest BCUT2D eigenvalue weighted by Gasteiger charge is 2.26. The number of hydrogen-bond donors (Lipinski definition) is 1. The Morgan fingerprint density at radius 1 is 1.43 bits per heavy atom. The van der Waals surface area contributed by atoms with E-state index in [2.05, 4.69) is 24.0 Å². The molecule has 0 spiro atoms. The van der Waals surface area contributed by atoms with Crippen molar-refractivity contribution >= 4 is 26.7 Å². The summed E-state index contributed by atoms with van der Waals surface area (Å²) in [5, 5.41) is 0.688. The molecule has 3 rings (SSSR count). The second-order valence-electron chi connectivity index (χ2n) is 4.03. The molecule has 3 heteroatoms. The Bertz CT molecular complexity index is 497. The van der Waals surface area contributed by atoms with E-state index in [1.165, 1.54) is 28.7 Å². The molecule has 2 N–H and O–H groups in total. The van der Waals surface area contributed by atoms with Crippen molar-refractivity contribution in [1.82, 2.24) is 4.98 Å². The predicted molar refractivity (Wildman–Crippen MR) is 60.7 cm³/mol. The zero-order chi connectivity index (χ0) is 9.71. The fourth-order valence-electron chi connectivity index (χ4n) is 1.92. The van der Waals surface area contributed by atoms with Crippen LogP contribution in [0.25, 0.3) is 10.2 Å². The number of nitrogens with zero attached hydrogens (tertiary/aromatic N) is 1. The van der Waals surface area contributed by atoms with Crippen LogP contribution in [0.15, 0.2) is 12.1 Å². The molecule has 1 heterocycles. The Hall–Kier alpha value is -1.09. The lowest BCUT2D eigenvalue weighted by molar-refractivity contribution is 1.13. The van der Waals surface area contributed by atoms with Crippen LogP contribution in [0.4, 0.5) is 5.13 Å². The molecule has 0 aliphatic heterocycles. The third kappa shape index (κ3) is 1.20. The fraction of sp³-hybridized carbons (Fsp3) is 0.364. The molecule has 2 aromatic rings. The molecule has 72 valence electrons. The number of benzene rings is 1. The van der Waals surface area contributed by atoms with E-state index in [1.54, 1.807) is 11.3 Å². The van der Waals surface area contributed by atoms with Crippen LogP contribution < -0.4 is 5.73 Å². The molecule has 1 aromatic carbocycles. The average molecular weight is 204 g/mol. The first-order valence-electron chi connectivity index (χ1n) is 4.90. The minimum Gasteiger partial charge on any atom is -0.375 e. The summed E-state index contributed by atoms with van der Waals surface area (Å²) in [4.78, 5) is 4.41. The van der Waals surface area contributed by atoms with Gasteiger partial charge in [0.1, 0.15) is 0 Å². The highest BCUT2D eigenvalue weighted by molar-refractivity contribution is 7.22. The SMILES string of the molecule is Cc1cc(C2CC2)c2nc(N)sc2c1. The maximum absolute atomic E-state index is 5.74. The maximum Gasteiger partial charge on any atom is 0.181 e. The lowest BCUT2D eigenvalue weighted by Crippen LogP contribution is -1.85. The highest BCUT2D eigenvalue weighted by atomic mass is 32.1. The first-order chi connectivity index (χ1) is 6.74. The number of thiazole rings is 1. The normalized spacial score (nSPS) is 16.4. The van der Waals surface area contributed by atoms with Crippen molar-refractivity contribution in [3.63, 3.8) is 0 Å². The van der Waals surface area contributed by atoms with E-state index < -0.39 is 0 Å². The van der Waals surface area contributed by atoms with E-state index in [-0.39, 0.29) is 0 Å². The zero-order valence-corrected chi connectivity index (χ0v) is 8.90. The van der Waals surface area contributed by atoms with E-state index in [1.807, 2.05) is 0 Å². The average Bonchev–Trinajstić information content (AvgIpc) is 2.87. The fourth-order valence-corrected chi connectivity index (χ4v) is 2.79. The topological polar surface area (TPSA) is 38.9 Å². The monoisotopic (exact) mass is 204 g/mol. The summed E-state index contributed by atoms with van der Waals surface area (Å²) >= 11 is 1.59. The van der Waals surface area contributed by atoms with Crippen molar-refractivity contribution in [2.75, 3.05) is 5.73 Å². The Balaban J connectivity index is 2.33. The summed E-state index contributed by atoms with van der Waals surface area (Å²) in [5.41, 5.74) is 9.61. The minimum absolute atomic E-state index is 0.688. The predicted octanol–water partition coefficient (Wildman–Crippen LogP) is 3.06. The van der Waals surface area contributed by atoms with Gasteiger partial charge in [-0.2, -0.15) is 0 Å². The van der Waals surface area contributed by atoms with Crippen molar-refractivity contribution in [3.8, 4) is 0 Å². The van der Waals surface area contributed by atoms with E-state index >= 15 is 0 Å². The Labute approximate surface area is 86.8 Å². The molecule has 0 atom stereocenters. The van der Waals surface area contributed by atoms with Crippen LogP contribution in [0.2, 0.25) is 0 Å². The van der Waals surface area contributed by atoms with Crippen LogP contribution >= 0.6 is 11.3 Å². The van der Waals surface area contributed by atoms with Crippen molar-refractivity contribution in [1.29, 1.82) is 0 Å². The van der Waals surface area contributed by atoms with Gasteiger partial charge in [-0.05, 0) is 42.9 Å². The molecule has 1 aromatic heterocycles. The summed E-state index contributed by atoms with van der Waals surface area (Å²) < 4.78 is 1.24. The van der Waals surface area contributed by atoms with E-state index in [9.17, 15) is 0 Å². The smallest absolute Gasteiger partial charge is 0.181 e. The number of fused-ring (bicyclic) bond motifs is 1. The molecule has 0 unspecified atom stereocenters. The maximum atomic E-state index is 5.74. The highest BCUT2D eigenvalue weighted by Crippen LogP contribution is 2.44. The van der Waals surface area contributed by atoms with Gasteiger partial charge in [0.2, 0.25) is 0 Å². The number of nitrogens with two attached hydrogens (primary N) is 1. The van der Waals surface area contributed by atoms with E-state index in [4.69, 9.17) is 5.73 Å². The lowest BCUT2D eigenvalue weighted by atomic mass is 10.1. The van der Waals surface area contributed by atoms with Crippen molar-refractivity contribution in [2.24, 2.45) is 0 Å². The van der Waals surface area contributed by atoms with E-state index in [0.717, 1.165) is 11.4 Å². The van der Waals surface area contributed by atoms with Gasteiger partial charge in [0, 0.05) is 0 Å². The Kier molecular flexibility index (Phi) is 1.59. The van der Waals surface area contributed by atoms with Gasteiger partial charge in [-0.3, -0.25) is 0 Å². The second-order valence-corrected chi connectivity index (χ2v) is 5.09. The van der Waals surface area contributed by atoms with Gasteiger partial charge in [0.25, 0.3) is 0 Å². The molecule has 1 fully saturated rings. The number of rotatable bonds is 1. The number of hydrogen-bond acceptors (Lipinski definition) is 3.